The number of pyridine rings is 1. The van der Waals surface area contributed by atoms with Gasteiger partial charge in [-0.15, -0.1) is 0 Å². The lowest BCUT2D eigenvalue weighted by Crippen LogP contribution is -2.49. The lowest BCUT2D eigenvalue weighted by atomic mass is 9.98. The van der Waals surface area contributed by atoms with Crippen LogP contribution in [-0.4, -0.2) is 42.2 Å². The first-order valence-corrected chi connectivity index (χ1v) is 10.5. The lowest BCUT2D eigenvalue weighted by molar-refractivity contribution is 0.0743. The quantitative estimate of drug-likeness (QED) is 0.672. The lowest BCUT2D eigenvalue weighted by Gasteiger charge is -2.35. The van der Waals surface area contributed by atoms with Gasteiger partial charge in [-0.2, -0.15) is 0 Å². The molecule has 6 heteroatoms. The summed E-state index contributed by atoms with van der Waals surface area (Å²) in [5.74, 6) is 0.0482. The zero-order chi connectivity index (χ0) is 20.5. The molecule has 0 saturated carbocycles. The summed E-state index contributed by atoms with van der Waals surface area (Å²) in [6.45, 7) is 2.22. The molecule has 2 aromatic carbocycles. The summed E-state index contributed by atoms with van der Waals surface area (Å²) in [7, 11) is 0. The van der Waals surface area contributed by atoms with Gasteiger partial charge in [0.25, 0.3) is 0 Å². The molecular weight excluding hydrogens is 398 g/mol. The topological polar surface area (TPSA) is 54.5 Å². The highest BCUT2D eigenvalue weighted by Crippen LogP contribution is 2.44. The van der Waals surface area contributed by atoms with Crippen LogP contribution in [0.15, 0.2) is 66.9 Å². The highest BCUT2D eigenvalue weighted by atomic mass is 35.5. The Morgan fingerprint density at radius 3 is 2.50 bits per heavy atom. The molecule has 30 heavy (non-hydrogen) atoms. The SMILES string of the molecule is O=C(OCC1c2ccccc2-c2ccccc21)N1CCNCC1c1cc(Cl)ccn1. The van der Waals surface area contributed by atoms with Crippen LogP contribution in [0.4, 0.5) is 4.79 Å². The van der Waals surface area contributed by atoms with E-state index < -0.39 is 0 Å². The third kappa shape index (κ3) is 3.44. The third-order valence-electron chi connectivity index (χ3n) is 5.90. The van der Waals surface area contributed by atoms with Gasteiger partial charge in [0, 0.05) is 36.8 Å². The maximum atomic E-state index is 13.1. The second kappa shape index (κ2) is 8.09. The molecule has 0 spiro atoms. The van der Waals surface area contributed by atoms with E-state index in [2.05, 4.69) is 34.6 Å². The van der Waals surface area contributed by atoms with Gasteiger partial charge in [0.1, 0.15) is 6.61 Å². The molecule has 1 unspecified atom stereocenters. The number of nitrogens with one attached hydrogen (secondary N) is 1. The minimum atomic E-state index is -0.315. The number of ether oxygens (including phenoxy) is 1. The van der Waals surface area contributed by atoms with Crippen molar-refractivity contribution in [2.45, 2.75) is 12.0 Å². The molecule has 5 nitrogen and oxygen atoms in total. The number of carbonyl (C=O) groups excluding carboxylic acids is 1. The monoisotopic (exact) mass is 419 g/mol. The third-order valence-corrected chi connectivity index (χ3v) is 6.13. The molecule has 2 aliphatic rings. The van der Waals surface area contributed by atoms with Crippen molar-refractivity contribution in [3.05, 3.63) is 88.7 Å². The van der Waals surface area contributed by atoms with Crippen LogP contribution in [0.2, 0.25) is 5.02 Å². The largest absolute Gasteiger partial charge is 0.448 e. The summed E-state index contributed by atoms with van der Waals surface area (Å²) in [4.78, 5) is 19.2. The van der Waals surface area contributed by atoms with Gasteiger partial charge in [-0.25, -0.2) is 4.79 Å². The molecule has 1 N–H and O–H groups in total. The van der Waals surface area contributed by atoms with Gasteiger partial charge in [-0.05, 0) is 34.4 Å². The number of hydrogen-bond donors (Lipinski definition) is 1. The number of nitrogens with zero attached hydrogens (tertiary/aromatic N) is 2. The highest BCUT2D eigenvalue weighted by Gasteiger charge is 2.33. The number of fused-ring (bicyclic) bond motifs is 3. The number of carbonyl (C=O) groups is 1. The van der Waals surface area contributed by atoms with Crippen LogP contribution in [0.25, 0.3) is 11.1 Å². The van der Waals surface area contributed by atoms with E-state index in [1.165, 1.54) is 22.3 Å². The average Bonchev–Trinajstić information content (AvgIpc) is 3.11. The Labute approximate surface area is 180 Å². The molecule has 1 aromatic heterocycles. The number of rotatable bonds is 3. The minimum absolute atomic E-state index is 0.0482. The van der Waals surface area contributed by atoms with E-state index in [1.54, 1.807) is 17.2 Å². The molecule has 5 rings (SSSR count). The zero-order valence-corrected chi connectivity index (χ0v) is 17.2. The molecule has 2 heterocycles. The Kier molecular flexibility index (Phi) is 5.15. The highest BCUT2D eigenvalue weighted by molar-refractivity contribution is 6.30. The number of benzene rings is 2. The Morgan fingerprint density at radius 2 is 1.80 bits per heavy atom. The molecular formula is C24H22ClN3O2. The predicted octanol–water partition coefficient (Wildman–Crippen LogP) is 4.63. The van der Waals surface area contributed by atoms with Crippen LogP contribution in [0.5, 0.6) is 0 Å². The summed E-state index contributed by atoms with van der Waals surface area (Å²) < 4.78 is 5.86. The standard InChI is InChI=1S/C24H22ClN3O2/c25-16-9-10-27-22(13-16)23-14-26-11-12-28(23)24(29)30-15-21-19-7-3-1-5-17(19)18-6-2-4-8-20(18)21/h1-10,13,21,23,26H,11-12,14-15H2. The summed E-state index contributed by atoms with van der Waals surface area (Å²) in [6, 6.07) is 20.0. The maximum Gasteiger partial charge on any atom is 0.410 e. The molecule has 1 atom stereocenters. The van der Waals surface area contributed by atoms with E-state index in [1.807, 2.05) is 30.3 Å². The van der Waals surface area contributed by atoms with Crippen molar-refractivity contribution in [1.29, 1.82) is 0 Å². The smallest absolute Gasteiger partial charge is 0.410 e. The molecule has 1 aliphatic carbocycles. The first kappa shape index (κ1) is 19.1. The Bertz CT molecular complexity index is 1040. The second-order valence-corrected chi connectivity index (χ2v) is 8.05. The van der Waals surface area contributed by atoms with Crippen LogP contribution >= 0.6 is 11.6 Å². The van der Waals surface area contributed by atoms with E-state index in [9.17, 15) is 4.79 Å². The van der Waals surface area contributed by atoms with Gasteiger partial charge in [0.2, 0.25) is 0 Å². The molecule has 0 radical (unpaired) electrons. The molecule has 1 aliphatic heterocycles. The zero-order valence-electron chi connectivity index (χ0n) is 16.4. The van der Waals surface area contributed by atoms with E-state index in [0.29, 0.717) is 24.7 Å². The molecule has 3 aromatic rings. The van der Waals surface area contributed by atoms with E-state index in [4.69, 9.17) is 16.3 Å². The Hall–Kier alpha value is -2.89. The van der Waals surface area contributed by atoms with Crippen molar-refractivity contribution in [2.24, 2.45) is 0 Å². The van der Waals surface area contributed by atoms with Gasteiger partial charge < -0.3 is 10.1 Å². The van der Waals surface area contributed by atoms with Crippen LogP contribution in [-0.2, 0) is 4.74 Å². The fraction of sp³-hybridized carbons (Fsp3) is 0.250. The molecule has 0 bridgehead atoms. The van der Waals surface area contributed by atoms with Gasteiger partial charge >= 0.3 is 6.09 Å². The summed E-state index contributed by atoms with van der Waals surface area (Å²) in [5.41, 5.74) is 5.62. The molecule has 1 amide bonds. The minimum Gasteiger partial charge on any atom is -0.448 e. The summed E-state index contributed by atoms with van der Waals surface area (Å²) >= 11 is 6.14. The second-order valence-electron chi connectivity index (χ2n) is 7.62. The van der Waals surface area contributed by atoms with Crippen LogP contribution in [0.1, 0.15) is 28.8 Å². The van der Waals surface area contributed by atoms with Gasteiger partial charge in [-0.3, -0.25) is 9.88 Å². The predicted molar refractivity (Wildman–Crippen MR) is 117 cm³/mol. The molecule has 1 fully saturated rings. The van der Waals surface area contributed by atoms with Crippen molar-refractivity contribution in [3.8, 4) is 11.1 Å². The summed E-state index contributed by atoms with van der Waals surface area (Å²) in [6.07, 6.45) is 1.35. The fourth-order valence-corrected chi connectivity index (χ4v) is 4.64. The number of amides is 1. The van der Waals surface area contributed by atoms with Crippen LogP contribution < -0.4 is 5.32 Å². The van der Waals surface area contributed by atoms with Crippen LogP contribution in [0, 0.1) is 0 Å². The van der Waals surface area contributed by atoms with Crippen LogP contribution in [0.3, 0.4) is 0 Å². The number of aromatic nitrogens is 1. The molecule has 152 valence electrons. The summed E-state index contributed by atoms with van der Waals surface area (Å²) in [5, 5.41) is 3.94. The van der Waals surface area contributed by atoms with Crippen molar-refractivity contribution >= 4 is 17.7 Å². The van der Waals surface area contributed by atoms with E-state index in [-0.39, 0.29) is 18.1 Å². The normalized spacial score (nSPS) is 18.0. The first-order chi connectivity index (χ1) is 14.7. The number of piperazine rings is 1. The maximum absolute atomic E-state index is 13.1. The number of hydrogen-bond acceptors (Lipinski definition) is 4. The van der Waals surface area contributed by atoms with Gasteiger partial charge in [-0.1, -0.05) is 60.1 Å². The first-order valence-electron chi connectivity index (χ1n) is 10.2. The van der Waals surface area contributed by atoms with Crippen molar-refractivity contribution in [1.82, 2.24) is 15.2 Å². The van der Waals surface area contributed by atoms with Crippen molar-refractivity contribution < 1.29 is 9.53 Å². The van der Waals surface area contributed by atoms with Gasteiger partial charge in [0.05, 0.1) is 11.7 Å². The molecule has 1 saturated heterocycles. The van der Waals surface area contributed by atoms with E-state index >= 15 is 0 Å². The fourth-order valence-electron chi connectivity index (χ4n) is 4.47. The van der Waals surface area contributed by atoms with E-state index in [0.717, 1.165) is 12.2 Å². The number of halogens is 1. The average molecular weight is 420 g/mol. The van der Waals surface area contributed by atoms with Gasteiger partial charge in [0.15, 0.2) is 0 Å². The van der Waals surface area contributed by atoms with Crippen molar-refractivity contribution in [3.63, 3.8) is 0 Å². The Morgan fingerprint density at radius 1 is 1.10 bits per heavy atom. The Balaban J connectivity index is 1.35. The van der Waals surface area contributed by atoms with Crippen molar-refractivity contribution in [2.75, 3.05) is 26.2 Å².